The van der Waals surface area contributed by atoms with Gasteiger partial charge in [-0.3, -0.25) is 0 Å². The van der Waals surface area contributed by atoms with Gasteiger partial charge >= 0.3 is 5.97 Å². The van der Waals surface area contributed by atoms with E-state index in [4.69, 9.17) is 18.9 Å². The van der Waals surface area contributed by atoms with Crippen LogP contribution in [0.15, 0.2) is 54.6 Å². The van der Waals surface area contributed by atoms with Gasteiger partial charge in [0.25, 0.3) is 0 Å². The SMILES string of the molecule is COc1cc(/C=C/COC(=O)c2ccccc2)ccc1O[C@@H]1O[C@H](CO)[C@@H](O)[C@H](O)[C@H]1O. The quantitative estimate of drug-likeness (QED) is 0.433. The average molecular weight is 446 g/mol. The molecule has 1 aliphatic rings. The van der Waals surface area contributed by atoms with Crippen molar-refractivity contribution in [3.05, 3.63) is 65.7 Å². The van der Waals surface area contributed by atoms with Crippen molar-refractivity contribution in [2.45, 2.75) is 30.7 Å². The maximum Gasteiger partial charge on any atom is 0.338 e. The van der Waals surface area contributed by atoms with E-state index in [1.165, 1.54) is 7.11 Å². The van der Waals surface area contributed by atoms with E-state index in [0.29, 0.717) is 11.3 Å². The predicted molar refractivity (Wildman–Crippen MR) is 113 cm³/mol. The van der Waals surface area contributed by atoms with Crippen LogP contribution >= 0.6 is 0 Å². The average Bonchev–Trinajstić information content (AvgIpc) is 2.83. The zero-order chi connectivity index (χ0) is 23.1. The van der Waals surface area contributed by atoms with Gasteiger partial charge in [-0.2, -0.15) is 0 Å². The lowest BCUT2D eigenvalue weighted by atomic mass is 9.99. The second-order valence-electron chi connectivity index (χ2n) is 7.09. The monoisotopic (exact) mass is 446 g/mol. The standard InChI is InChI=1S/C23H26O9/c1-29-17-12-14(6-5-11-30-22(28)15-7-3-2-4-8-15)9-10-16(17)31-23-21(27)20(26)19(25)18(13-24)32-23/h2-10,12,18-21,23-27H,11,13H2,1H3/b6-5+/t18-,19-,20+,21-,23-/m1/s1. The number of hydrogen-bond donors (Lipinski definition) is 4. The van der Waals surface area contributed by atoms with Crippen LogP contribution in [0.1, 0.15) is 15.9 Å². The zero-order valence-electron chi connectivity index (χ0n) is 17.4. The first-order valence-corrected chi connectivity index (χ1v) is 9.98. The number of aliphatic hydroxyl groups is 4. The molecule has 2 aromatic rings. The molecular formula is C23H26O9. The number of carbonyl (C=O) groups is 1. The number of rotatable bonds is 8. The molecule has 0 saturated carbocycles. The molecule has 0 aliphatic carbocycles. The van der Waals surface area contributed by atoms with Crippen LogP contribution in [-0.4, -0.2) is 77.4 Å². The molecule has 0 bridgehead atoms. The molecule has 4 N–H and O–H groups in total. The summed E-state index contributed by atoms with van der Waals surface area (Å²) < 4.78 is 21.5. The minimum atomic E-state index is -1.54. The molecule has 1 aliphatic heterocycles. The Labute approximate surface area is 185 Å². The van der Waals surface area contributed by atoms with Crippen LogP contribution in [-0.2, 0) is 9.47 Å². The Kier molecular flexibility index (Phi) is 8.20. The van der Waals surface area contributed by atoms with Gasteiger partial charge in [-0.1, -0.05) is 30.3 Å². The Hall–Kier alpha value is -2.95. The van der Waals surface area contributed by atoms with Crippen molar-refractivity contribution in [2.75, 3.05) is 20.3 Å². The molecular weight excluding hydrogens is 420 g/mol. The summed E-state index contributed by atoms with van der Waals surface area (Å²) in [6.07, 6.45) is -3.54. The summed E-state index contributed by atoms with van der Waals surface area (Å²) in [7, 11) is 1.44. The van der Waals surface area contributed by atoms with Gasteiger partial charge in [-0.25, -0.2) is 4.79 Å². The van der Waals surface area contributed by atoms with E-state index in [1.807, 2.05) is 6.07 Å². The van der Waals surface area contributed by atoms with Crippen LogP contribution < -0.4 is 9.47 Å². The van der Waals surface area contributed by atoms with Gasteiger partial charge in [-0.15, -0.1) is 0 Å². The van der Waals surface area contributed by atoms with E-state index in [-0.39, 0.29) is 12.4 Å². The molecule has 1 fully saturated rings. The minimum Gasteiger partial charge on any atom is -0.493 e. The van der Waals surface area contributed by atoms with Crippen LogP contribution in [0.5, 0.6) is 11.5 Å². The number of benzene rings is 2. The fraction of sp³-hybridized carbons (Fsp3) is 0.348. The topological polar surface area (TPSA) is 135 Å². The summed E-state index contributed by atoms with van der Waals surface area (Å²) in [6.45, 7) is -0.473. The first-order valence-electron chi connectivity index (χ1n) is 9.98. The molecule has 32 heavy (non-hydrogen) atoms. The van der Waals surface area contributed by atoms with E-state index in [9.17, 15) is 25.2 Å². The third-order valence-electron chi connectivity index (χ3n) is 4.91. The first-order chi connectivity index (χ1) is 15.4. The molecule has 0 unspecified atom stereocenters. The van der Waals surface area contributed by atoms with Crippen LogP contribution in [0.4, 0.5) is 0 Å². The maximum atomic E-state index is 11.9. The van der Waals surface area contributed by atoms with Crippen molar-refractivity contribution < 1.29 is 44.2 Å². The van der Waals surface area contributed by atoms with E-state index in [1.54, 1.807) is 54.6 Å². The van der Waals surface area contributed by atoms with Gasteiger partial charge in [0.2, 0.25) is 6.29 Å². The second-order valence-corrected chi connectivity index (χ2v) is 7.09. The third-order valence-corrected chi connectivity index (χ3v) is 4.91. The lowest BCUT2D eigenvalue weighted by Gasteiger charge is -2.39. The smallest absolute Gasteiger partial charge is 0.338 e. The van der Waals surface area contributed by atoms with Gasteiger partial charge < -0.3 is 39.4 Å². The minimum absolute atomic E-state index is 0.0825. The van der Waals surface area contributed by atoms with Gasteiger partial charge in [-0.05, 0) is 35.9 Å². The van der Waals surface area contributed by atoms with Crippen molar-refractivity contribution in [1.29, 1.82) is 0 Å². The van der Waals surface area contributed by atoms with Crippen LogP contribution in [0.3, 0.4) is 0 Å². The summed E-state index contributed by atoms with van der Waals surface area (Å²) in [5, 5.41) is 39.2. The van der Waals surface area contributed by atoms with E-state index in [0.717, 1.165) is 5.56 Å². The summed E-state index contributed by atoms with van der Waals surface area (Å²) in [5.41, 5.74) is 1.20. The summed E-state index contributed by atoms with van der Waals surface area (Å²) >= 11 is 0. The molecule has 0 radical (unpaired) electrons. The van der Waals surface area contributed by atoms with Gasteiger partial charge in [0.05, 0.1) is 19.3 Å². The van der Waals surface area contributed by atoms with Gasteiger partial charge in [0.1, 0.15) is 31.0 Å². The lowest BCUT2D eigenvalue weighted by molar-refractivity contribution is -0.277. The third kappa shape index (κ3) is 5.64. The molecule has 9 nitrogen and oxygen atoms in total. The number of ether oxygens (including phenoxy) is 4. The number of aliphatic hydroxyl groups excluding tert-OH is 4. The van der Waals surface area contributed by atoms with Crippen molar-refractivity contribution in [3.63, 3.8) is 0 Å². The van der Waals surface area contributed by atoms with Crippen LogP contribution in [0.25, 0.3) is 6.08 Å². The summed E-state index contributed by atoms with van der Waals surface area (Å²) in [5.74, 6) is 0.131. The highest BCUT2D eigenvalue weighted by atomic mass is 16.7. The Balaban J connectivity index is 1.62. The molecule has 0 amide bonds. The molecule has 9 heteroatoms. The van der Waals surface area contributed by atoms with Gasteiger partial charge in [0, 0.05) is 0 Å². The fourth-order valence-electron chi connectivity index (χ4n) is 3.14. The molecule has 1 heterocycles. The summed E-state index contributed by atoms with van der Waals surface area (Å²) in [4.78, 5) is 11.9. The number of esters is 1. The number of hydrogen-bond acceptors (Lipinski definition) is 9. The predicted octanol–water partition coefficient (Wildman–Crippen LogP) is 0.744. The molecule has 0 aromatic heterocycles. The number of carbonyl (C=O) groups excluding carboxylic acids is 1. The van der Waals surface area contributed by atoms with Crippen molar-refractivity contribution >= 4 is 12.0 Å². The molecule has 2 aromatic carbocycles. The van der Waals surface area contributed by atoms with Crippen molar-refractivity contribution in [2.24, 2.45) is 0 Å². The number of methoxy groups -OCH3 is 1. The highest BCUT2D eigenvalue weighted by molar-refractivity contribution is 5.89. The molecule has 1 saturated heterocycles. The normalized spacial score (nSPS) is 25.5. The molecule has 172 valence electrons. The van der Waals surface area contributed by atoms with Gasteiger partial charge in [0.15, 0.2) is 11.5 Å². The second kappa shape index (κ2) is 11.1. The van der Waals surface area contributed by atoms with Crippen molar-refractivity contribution in [3.8, 4) is 11.5 Å². The first kappa shape index (κ1) is 23.7. The Morgan fingerprint density at radius 3 is 2.47 bits per heavy atom. The van der Waals surface area contributed by atoms with E-state index < -0.39 is 43.3 Å². The zero-order valence-corrected chi connectivity index (χ0v) is 17.4. The Morgan fingerprint density at radius 2 is 1.78 bits per heavy atom. The molecule has 5 atom stereocenters. The van der Waals surface area contributed by atoms with Crippen molar-refractivity contribution in [1.82, 2.24) is 0 Å². The lowest BCUT2D eigenvalue weighted by Crippen LogP contribution is -2.60. The molecule has 3 rings (SSSR count). The maximum absolute atomic E-state index is 11.9. The van der Waals surface area contributed by atoms with Crippen LogP contribution in [0.2, 0.25) is 0 Å². The highest BCUT2D eigenvalue weighted by Crippen LogP contribution is 2.32. The largest absolute Gasteiger partial charge is 0.493 e. The van der Waals surface area contributed by atoms with E-state index >= 15 is 0 Å². The highest BCUT2D eigenvalue weighted by Gasteiger charge is 2.44. The Morgan fingerprint density at radius 1 is 1.03 bits per heavy atom. The fourth-order valence-corrected chi connectivity index (χ4v) is 3.14. The molecule has 0 spiro atoms. The van der Waals surface area contributed by atoms with Crippen LogP contribution in [0, 0.1) is 0 Å². The van der Waals surface area contributed by atoms with E-state index in [2.05, 4.69) is 0 Å². The Bertz CT molecular complexity index is 913. The summed E-state index contributed by atoms with van der Waals surface area (Å²) in [6, 6.07) is 13.6.